The van der Waals surface area contributed by atoms with Gasteiger partial charge in [-0.15, -0.1) is 0 Å². The van der Waals surface area contributed by atoms with E-state index in [1.807, 2.05) is 0 Å². The van der Waals surface area contributed by atoms with Crippen LogP contribution in [0.3, 0.4) is 0 Å². The standard InChI is InChI=1S/C21H21N3O5S/c25-18(23-7-5-21(6-8-23)28-10-11-29-21)14-3-4-16-17(12-14)22-20(30)24(19(16)26)13-15-2-1-9-27-15/h1-4,9,12H,5-8,10-11,13H2,(H,22,30). The van der Waals surface area contributed by atoms with Crippen molar-refractivity contribution in [2.45, 2.75) is 25.2 Å². The minimum absolute atomic E-state index is 0.0798. The second-order valence-corrected chi connectivity index (χ2v) is 7.95. The average molecular weight is 427 g/mol. The highest BCUT2D eigenvalue weighted by molar-refractivity contribution is 7.71. The zero-order valence-electron chi connectivity index (χ0n) is 16.3. The molecule has 1 amide bonds. The minimum atomic E-state index is -0.524. The Labute approximate surface area is 177 Å². The van der Waals surface area contributed by atoms with Crippen molar-refractivity contribution in [1.82, 2.24) is 14.5 Å². The lowest BCUT2D eigenvalue weighted by atomic mass is 10.0. The number of furan rings is 1. The second-order valence-electron chi connectivity index (χ2n) is 7.56. The number of ether oxygens (including phenoxy) is 2. The molecule has 1 N–H and O–H groups in total. The lowest BCUT2D eigenvalue weighted by molar-refractivity contribution is -0.181. The molecular formula is C21H21N3O5S. The number of carbonyl (C=O) groups excluding carboxylic acids is 1. The zero-order chi connectivity index (χ0) is 20.7. The number of piperidine rings is 1. The third kappa shape index (κ3) is 3.38. The van der Waals surface area contributed by atoms with Crippen molar-refractivity contribution >= 4 is 29.0 Å². The van der Waals surface area contributed by atoms with Gasteiger partial charge in [-0.2, -0.15) is 0 Å². The number of nitrogens with one attached hydrogen (secondary N) is 1. The quantitative estimate of drug-likeness (QED) is 0.647. The van der Waals surface area contributed by atoms with Crippen LogP contribution in [0, 0.1) is 4.77 Å². The minimum Gasteiger partial charge on any atom is -0.467 e. The smallest absolute Gasteiger partial charge is 0.262 e. The lowest BCUT2D eigenvalue weighted by Gasteiger charge is -2.37. The number of aromatic nitrogens is 2. The normalized spacial score (nSPS) is 18.3. The molecule has 2 aliphatic rings. The molecule has 1 spiro atoms. The van der Waals surface area contributed by atoms with Gasteiger partial charge in [-0.1, -0.05) is 0 Å². The number of benzene rings is 1. The molecule has 2 fully saturated rings. The van der Waals surface area contributed by atoms with E-state index in [0.717, 1.165) is 0 Å². The summed E-state index contributed by atoms with van der Waals surface area (Å²) in [5.41, 5.74) is 0.836. The van der Waals surface area contributed by atoms with Crippen molar-refractivity contribution in [3.63, 3.8) is 0 Å². The highest BCUT2D eigenvalue weighted by Gasteiger charge is 2.40. The number of hydrogen-bond donors (Lipinski definition) is 1. The molecule has 3 aromatic rings. The van der Waals surface area contributed by atoms with E-state index in [-0.39, 0.29) is 22.8 Å². The Hall–Kier alpha value is -2.75. The van der Waals surface area contributed by atoms with Crippen LogP contribution in [0.1, 0.15) is 29.0 Å². The first-order valence-electron chi connectivity index (χ1n) is 9.91. The molecule has 5 rings (SSSR count). The molecule has 0 radical (unpaired) electrons. The molecule has 4 heterocycles. The number of hydrogen-bond acceptors (Lipinski definition) is 6. The van der Waals surface area contributed by atoms with Gasteiger partial charge in [-0.3, -0.25) is 14.2 Å². The molecule has 0 saturated carbocycles. The number of carbonyl (C=O) groups is 1. The van der Waals surface area contributed by atoms with E-state index in [1.54, 1.807) is 41.5 Å². The zero-order valence-corrected chi connectivity index (χ0v) is 17.1. The SMILES string of the molecule is O=C(c1ccc2c(=O)n(Cc3ccco3)c(=S)[nH]c2c1)N1CCC2(CC1)OCCO2. The number of aromatic amines is 1. The van der Waals surface area contributed by atoms with E-state index in [4.69, 9.17) is 26.1 Å². The summed E-state index contributed by atoms with van der Waals surface area (Å²) >= 11 is 5.37. The molecule has 0 unspecified atom stereocenters. The van der Waals surface area contributed by atoms with Crippen LogP contribution >= 0.6 is 12.2 Å². The van der Waals surface area contributed by atoms with Crippen molar-refractivity contribution < 1.29 is 18.7 Å². The Morgan fingerprint density at radius 1 is 1.17 bits per heavy atom. The van der Waals surface area contributed by atoms with Crippen LogP contribution in [0.5, 0.6) is 0 Å². The predicted molar refractivity (Wildman–Crippen MR) is 111 cm³/mol. The van der Waals surface area contributed by atoms with E-state index < -0.39 is 5.79 Å². The van der Waals surface area contributed by atoms with Crippen LogP contribution in [0.4, 0.5) is 0 Å². The van der Waals surface area contributed by atoms with E-state index in [0.29, 0.717) is 61.4 Å². The topological polar surface area (TPSA) is 89.7 Å². The van der Waals surface area contributed by atoms with Gasteiger partial charge < -0.3 is 23.8 Å². The fraction of sp³-hybridized carbons (Fsp3) is 0.381. The molecule has 0 atom stereocenters. The Morgan fingerprint density at radius 3 is 2.63 bits per heavy atom. The maximum absolute atomic E-state index is 13.0. The molecule has 8 nitrogen and oxygen atoms in total. The van der Waals surface area contributed by atoms with Crippen LogP contribution in [-0.4, -0.2) is 52.4 Å². The molecule has 2 aliphatic heterocycles. The molecule has 2 aromatic heterocycles. The third-order valence-electron chi connectivity index (χ3n) is 5.75. The largest absolute Gasteiger partial charge is 0.467 e. The molecule has 0 bridgehead atoms. The number of nitrogens with zero attached hydrogens (tertiary/aromatic N) is 2. The predicted octanol–water partition coefficient (Wildman–Crippen LogP) is 2.68. The lowest BCUT2D eigenvalue weighted by Crippen LogP contribution is -2.47. The van der Waals surface area contributed by atoms with E-state index in [2.05, 4.69) is 4.98 Å². The van der Waals surface area contributed by atoms with E-state index in [9.17, 15) is 9.59 Å². The van der Waals surface area contributed by atoms with Gasteiger partial charge in [0.15, 0.2) is 10.6 Å². The van der Waals surface area contributed by atoms with Crippen molar-refractivity contribution in [3.05, 3.63) is 63.0 Å². The van der Waals surface area contributed by atoms with Crippen molar-refractivity contribution in [3.8, 4) is 0 Å². The first kappa shape index (κ1) is 19.2. The van der Waals surface area contributed by atoms with Gasteiger partial charge in [0, 0.05) is 31.5 Å². The Kier molecular flexibility index (Phi) is 4.80. The van der Waals surface area contributed by atoms with Gasteiger partial charge in [0.1, 0.15) is 5.76 Å². The fourth-order valence-corrected chi connectivity index (χ4v) is 4.37. The molecule has 2 saturated heterocycles. The first-order chi connectivity index (χ1) is 14.5. The van der Waals surface area contributed by atoms with E-state index in [1.165, 1.54) is 4.57 Å². The number of likely N-dealkylation sites (tertiary alicyclic amines) is 1. The van der Waals surface area contributed by atoms with Gasteiger partial charge in [0.05, 0.1) is 36.9 Å². The molecule has 9 heteroatoms. The van der Waals surface area contributed by atoms with Gasteiger partial charge >= 0.3 is 0 Å². The monoisotopic (exact) mass is 427 g/mol. The van der Waals surface area contributed by atoms with Gasteiger partial charge in [0.25, 0.3) is 11.5 Å². The van der Waals surface area contributed by atoms with Crippen LogP contribution < -0.4 is 5.56 Å². The fourth-order valence-electron chi connectivity index (χ4n) is 4.11. The molecule has 156 valence electrons. The van der Waals surface area contributed by atoms with Crippen LogP contribution in [0.15, 0.2) is 45.8 Å². The van der Waals surface area contributed by atoms with Crippen LogP contribution in [-0.2, 0) is 16.0 Å². The maximum atomic E-state index is 13.0. The molecular weight excluding hydrogens is 406 g/mol. The summed E-state index contributed by atoms with van der Waals surface area (Å²) < 4.78 is 18.5. The van der Waals surface area contributed by atoms with Gasteiger partial charge in [-0.05, 0) is 42.5 Å². The summed E-state index contributed by atoms with van der Waals surface area (Å²) in [5.74, 6) is 0.0363. The third-order valence-corrected chi connectivity index (χ3v) is 6.07. The van der Waals surface area contributed by atoms with Crippen molar-refractivity contribution in [2.75, 3.05) is 26.3 Å². The number of rotatable bonds is 3. The number of H-pyrrole nitrogens is 1. The number of fused-ring (bicyclic) bond motifs is 1. The number of amides is 1. The van der Waals surface area contributed by atoms with Crippen molar-refractivity contribution in [1.29, 1.82) is 0 Å². The highest BCUT2D eigenvalue weighted by Crippen LogP contribution is 2.31. The van der Waals surface area contributed by atoms with Crippen LogP contribution in [0.25, 0.3) is 10.9 Å². The summed E-state index contributed by atoms with van der Waals surface area (Å²) in [4.78, 5) is 30.8. The molecule has 30 heavy (non-hydrogen) atoms. The van der Waals surface area contributed by atoms with Gasteiger partial charge in [0.2, 0.25) is 0 Å². The molecule has 0 aliphatic carbocycles. The summed E-state index contributed by atoms with van der Waals surface area (Å²) in [5, 5.41) is 0.469. The Bertz CT molecular complexity index is 1200. The summed E-state index contributed by atoms with van der Waals surface area (Å²) in [7, 11) is 0. The second kappa shape index (κ2) is 7.50. The average Bonchev–Trinajstić information content (AvgIpc) is 3.43. The summed E-state index contributed by atoms with van der Waals surface area (Å²) in [6, 6.07) is 8.60. The van der Waals surface area contributed by atoms with Crippen LogP contribution in [0.2, 0.25) is 0 Å². The van der Waals surface area contributed by atoms with Gasteiger partial charge in [-0.25, -0.2) is 0 Å². The van der Waals surface area contributed by atoms with Crippen molar-refractivity contribution in [2.24, 2.45) is 0 Å². The Morgan fingerprint density at radius 2 is 1.93 bits per heavy atom. The molecule has 1 aromatic carbocycles. The maximum Gasteiger partial charge on any atom is 0.262 e. The summed E-state index contributed by atoms with van der Waals surface area (Å²) in [6.45, 7) is 2.59. The van der Waals surface area contributed by atoms with E-state index >= 15 is 0 Å². The first-order valence-corrected chi connectivity index (χ1v) is 10.3. The Balaban J connectivity index is 1.40. The highest BCUT2D eigenvalue weighted by atomic mass is 32.1. The summed E-state index contributed by atoms with van der Waals surface area (Å²) in [6.07, 6.45) is 2.87.